The summed E-state index contributed by atoms with van der Waals surface area (Å²) in [4.78, 5) is 27.2. The van der Waals surface area contributed by atoms with Gasteiger partial charge in [0.25, 0.3) is 0 Å². The molecule has 5 heteroatoms. The van der Waals surface area contributed by atoms with Crippen LogP contribution >= 0.6 is 0 Å². The van der Waals surface area contributed by atoms with E-state index >= 15 is 0 Å². The third kappa shape index (κ3) is 5.22. The van der Waals surface area contributed by atoms with E-state index in [-0.39, 0.29) is 23.5 Å². The molecule has 0 saturated carbocycles. The molecule has 1 heterocycles. The lowest BCUT2D eigenvalue weighted by atomic mass is 9.86. The van der Waals surface area contributed by atoms with Crippen molar-refractivity contribution in [3.63, 3.8) is 0 Å². The Labute approximate surface area is 188 Å². The number of carbonyl (C=O) groups is 2. The van der Waals surface area contributed by atoms with Crippen molar-refractivity contribution in [2.75, 3.05) is 4.90 Å². The van der Waals surface area contributed by atoms with Crippen molar-refractivity contribution in [2.24, 2.45) is 5.92 Å². The number of nitrogens with zero attached hydrogens (tertiary/aromatic N) is 1. The first-order valence-corrected chi connectivity index (χ1v) is 11.1. The second kappa shape index (κ2) is 10.2. The molecule has 1 saturated heterocycles. The van der Waals surface area contributed by atoms with E-state index in [1.165, 1.54) is 17.7 Å². The second-order valence-corrected chi connectivity index (χ2v) is 8.17. The van der Waals surface area contributed by atoms with E-state index in [4.69, 9.17) is 0 Å². The van der Waals surface area contributed by atoms with Crippen LogP contribution in [0.2, 0.25) is 0 Å². The van der Waals surface area contributed by atoms with Crippen molar-refractivity contribution in [1.29, 1.82) is 0 Å². The number of nitrogens with one attached hydrogen (secondary N) is 1. The summed E-state index contributed by atoms with van der Waals surface area (Å²) in [5, 5.41) is 3.05. The zero-order valence-corrected chi connectivity index (χ0v) is 17.9. The molecule has 3 aromatic carbocycles. The molecule has 2 atom stereocenters. The summed E-state index contributed by atoms with van der Waals surface area (Å²) in [7, 11) is 0. The summed E-state index contributed by atoms with van der Waals surface area (Å²) in [6, 6.07) is 25.8. The largest absolute Gasteiger partial charge is 0.335 e. The van der Waals surface area contributed by atoms with Crippen LogP contribution in [0.5, 0.6) is 0 Å². The third-order valence-corrected chi connectivity index (χ3v) is 5.93. The van der Waals surface area contributed by atoms with Crippen molar-refractivity contribution < 1.29 is 14.0 Å². The molecule has 3 aromatic rings. The molecule has 1 aliphatic rings. The molecular formula is C27H27FN2O2. The topological polar surface area (TPSA) is 49.4 Å². The SMILES string of the molecule is O=C(CCc1ccccc1)NC1C(CCCc2ccccc2)C(=O)N1c1ccc(F)cc1. The highest BCUT2D eigenvalue weighted by atomic mass is 19.1. The van der Waals surface area contributed by atoms with Crippen molar-refractivity contribution in [3.05, 3.63) is 102 Å². The molecule has 0 spiro atoms. The van der Waals surface area contributed by atoms with E-state index in [2.05, 4.69) is 17.4 Å². The lowest BCUT2D eigenvalue weighted by molar-refractivity contribution is -0.133. The Hall–Kier alpha value is -3.47. The lowest BCUT2D eigenvalue weighted by Crippen LogP contribution is -2.68. The average Bonchev–Trinajstić information content (AvgIpc) is 2.83. The Bertz CT molecular complexity index is 1040. The monoisotopic (exact) mass is 430 g/mol. The highest BCUT2D eigenvalue weighted by Crippen LogP contribution is 2.34. The minimum absolute atomic E-state index is 0.0296. The van der Waals surface area contributed by atoms with Crippen LogP contribution in [-0.2, 0) is 22.4 Å². The van der Waals surface area contributed by atoms with Gasteiger partial charge in [0, 0.05) is 12.1 Å². The first kappa shape index (κ1) is 21.8. The number of carbonyl (C=O) groups excluding carboxylic acids is 2. The fraction of sp³-hybridized carbons (Fsp3) is 0.259. The smallest absolute Gasteiger partial charge is 0.235 e. The predicted molar refractivity (Wildman–Crippen MR) is 123 cm³/mol. The van der Waals surface area contributed by atoms with E-state index in [9.17, 15) is 14.0 Å². The molecule has 1 N–H and O–H groups in total. The summed E-state index contributed by atoms with van der Waals surface area (Å²) in [6.07, 6.45) is 3.01. The quantitative estimate of drug-likeness (QED) is 0.492. The van der Waals surface area contributed by atoms with Crippen molar-refractivity contribution in [2.45, 2.75) is 38.3 Å². The first-order valence-electron chi connectivity index (χ1n) is 11.1. The number of aryl methyl sites for hydroxylation is 2. The maximum atomic E-state index is 13.4. The Morgan fingerprint density at radius 3 is 2.06 bits per heavy atom. The van der Waals surface area contributed by atoms with Gasteiger partial charge in [0.1, 0.15) is 12.0 Å². The molecule has 2 amide bonds. The van der Waals surface area contributed by atoms with Crippen LogP contribution < -0.4 is 10.2 Å². The van der Waals surface area contributed by atoms with Crippen LogP contribution in [0, 0.1) is 11.7 Å². The Balaban J connectivity index is 1.40. The number of halogens is 1. The minimum atomic E-state index is -0.410. The fourth-order valence-electron chi connectivity index (χ4n) is 4.20. The standard InChI is InChI=1S/C27H27FN2O2/c28-22-15-17-23(18-16-22)30-26(29-25(31)19-14-21-10-5-2-6-11-21)24(27(30)32)13-7-12-20-8-3-1-4-9-20/h1-6,8-11,15-18,24,26H,7,12-14,19H2,(H,29,31). The van der Waals surface area contributed by atoms with Gasteiger partial charge in [-0.05, 0) is 61.1 Å². The molecule has 164 valence electrons. The van der Waals surface area contributed by atoms with Gasteiger partial charge >= 0.3 is 0 Å². The number of amides is 2. The van der Waals surface area contributed by atoms with Crippen molar-refractivity contribution in [3.8, 4) is 0 Å². The maximum Gasteiger partial charge on any atom is 0.235 e. The van der Waals surface area contributed by atoms with Gasteiger partial charge in [-0.25, -0.2) is 4.39 Å². The predicted octanol–water partition coefficient (Wildman–Crippen LogP) is 4.89. The van der Waals surface area contributed by atoms with Gasteiger partial charge in [0.05, 0.1) is 5.92 Å². The first-order chi connectivity index (χ1) is 15.6. The van der Waals surface area contributed by atoms with Gasteiger partial charge in [-0.15, -0.1) is 0 Å². The average molecular weight is 431 g/mol. The normalized spacial score (nSPS) is 17.7. The molecule has 0 radical (unpaired) electrons. The number of benzene rings is 3. The van der Waals surface area contributed by atoms with Crippen LogP contribution in [0.4, 0.5) is 10.1 Å². The Morgan fingerprint density at radius 2 is 1.44 bits per heavy atom. The number of β-lactam (4-membered cyclic amide) rings is 1. The molecule has 4 nitrogen and oxygen atoms in total. The van der Waals surface area contributed by atoms with Gasteiger partial charge in [-0.3, -0.25) is 14.5 Å². The third-order valence-electron chi connectivity index (χ3n) is 5.93. The molecule has 0 aliphatic carbocycles. The van der Waals surface area contributed by atoms with Crippen molar-refractivity contribution in [1.82, 2.24) is 5.32 Å². The van der Waals surface area contributed by atoms with E-state index in [0.29, 0.717) is 24.9 Å². The van der Waals surface area contributed by atoms with E-state index in [0.717, 1.165) is 18.4 Å². The van der Waals surface area contributed by atoms with Gasteiger partial charge < -0.3 is 5.32 Å². The Kier molecular flexibility index (Phi) is 6.95. The number of hydrogen-bond acceptors (Lipinski definition) is 2. The minimum Gasteiger partial charge on any atom is -0.335 e. The van der Waals surface area contributed by atoms with Crippen LogP contribution in [-0.4, -0.2) is 18.0 Å². The second-order valence-electron chi connectivity index (χ2n) is 8.17. The van der Waals surface area contributed by atoms with Crippen LogP contribution in [0.25, 0.3) is 0 Å². The zero-order valence-electron chi connectivity index (χ0n) is 17.9. The molecule has 1 fully saturated rings. The van der Waals surface area contributed by atoms with Crippen LogP contribution in [0.15, 0.2) is 84.9 Å². The van der Waals surface area contributed by atoms with E-state index in [1.54, 1.807) is 17.0 Å². The fourth-order valence-corrected chi connectivity index (χ4v) is 4.20. The number of anilines is 1. The summed E-state index contributed by atoms with van der Waals surface area (Å²) >= 11 is 0. The molecule has 0 aromatic heterocycles. The highest BCUT2D eigenvalue weighted by molar-refractivity contribution is 6.03. The van der Waals surface area contributed by atoms with Crippen molar-refractivity contribution >= 4 is 17.5 Å². The molecule has 0 bridgehead atoms. The molecule has 2 unspecified atom stereocenters. The maximum absolute atomic E-state index is 13.4. The number of hydrogen-bond donors (Lipinski definition) is 1. The molecule has 32 heavy (non-hydrogen) atoms. The van der Waals surface area contributed by atoms with Crippen LogP contribution in [0.1, 0.15) is 30.4 Å². The molecular weight excluding hydrogens is 403 g/mol. The lowest BCUT2D eigenvalue weighted by Gasteiger charge is -2.47. The zero-order chi connectivity index (χ0) is 22.3. The summed E-state index contributed by atoms with van der Waals surface area (Å²) in [5.41, 5.74) is 2.93. The summed E-state index contributed by atoms with van der Waals surface area (Å²) < 4.78 is 13.4. The van der Waals surface area contributed by atoms with Gasteiger partial charge in [0.2, 0.25) is 11.8 Å². The van der Waals surface area contributed by atoms with Gasteiger partial charge in [0.15, 0.2) is 0 Å². The summed E-state index contributed by atoms with van der Waals surface area (Å²) in [6.45, 7) is 0. The number of rotatable bonds is 9. The molecule has 4 rings (SSSR count). The van der Waals surface area contributed by atoms with Crippen LogP contribution in [0.3, 0.4) is 0 Å². The van der Waals surface area contributed by atoms with Gasteiger partial charge in [-0.2, -0.15) is 0 Å². The summed E-state index contributed by atoms with van der Waals surface area (Å²) in [5.74, 6) is -0.751. The Morgan fingerprint density at radius 1 is 0.844 bits per heavy atom. The molecule has 1 aliphatic heterocycles. The van der Waals surface area contributed by atoms with E-state index in [1.807, 2.05) is 48.5 Å². The van der Waals surface area contributed by atoms with Gasteiger partial charge in [-0.1, -0.05) is 60.7 Å². The highest BCUT2D eigenvalue weighted by Gasteiger charge is 2.48. The van der Waals surface area contributed by atoms with E-state index < -0.39 is 6.17 Å².